The largest absolute Gasteiger partial charge is 0.346 e. The van der Waals surface area contributed by atoms with E-state index in [0.717, 1.165) is 22.4 Å². The van der Waals surface area contributed by atoms with E-state index in [-0.39, 0.29) is 11.9 Å². The van der Waals surface area contributed by atoms with Gasteiger partial charge in [-0.2, -0.15) is 4.98 Å². The van der Waals surface area contributed by atoms with Gasteiger partial charge < -0.3 is 14.8 Å². The Morgan fingerprint density at radius 2 is 1.89 bits per heavy atom. The zero-order valence-electron chi connectivity index (χ0n) is 15.6. The summed E-state index contributed by atoms with van der Waals surface area (Å²) in [4.78, 5) is 24.4. The Bertz CT molecular complexity index is 1040. The number of carbonyl (C=O) groups is 1. The van der Waals surface area contributed by atoms with Gasteiger partial charge in [0.2, 0.25) is 17.6 Å². The minimum atomic E-state index is -0.187. The van der Waals surface area contributed by atoms with Crippen LogP contribution in [0.2, 0.25) is 0 Å². The van der Waals surface area contributed by atoms with Crippen LogP contribution in [0.3, 0.4) is 0 Å². The van der Waals surface area contributed by atoms with Crippen molar-refractivity contribution in [3.05, 3.63) is 66.3 Å². The van der Waals surface area contributed by atoms with Crippen molar-refractivity contribution in [3.63, 3.8) is 0 Å². The molecule has 7 nitrogen and oxygen atoms in total. The van der Waals surface area contributed by atoms with Crippen LogP contribution >= 0.6 is 0 Å². The SMILES string of the molecule is C[C@@H](NC(=O)CCCc1nc(-c2ccccc2)no1)c1nc2ccccc2[nH]1. The molecule has 142 valence electrons. The number of aromatic amines is 1. The predicted octanol–water partition coefficient (Wildman–Crippen LogP) is 3.81. The molecule has 0 aliphatic heterocycles. The second kappa shape index (κ2) is 8.04. The Morgan fingerprint density at radius 1 is 1.11 bits per heavy atom. The lowest BCUT2D eigenvalue weighted by Crippen LogP contribution is -2.27. The van der Waals surface area contributed by atoms with Gasteiger partial charge in [-0.1, -0.05) is 47.6 Å². The highest BCUT2D eigenvalue weighted by molar-refractivity contribution is 5.77. The molecule has 0 unspecified atom stereocenters. The third-order valence-electron chi connectivity index (χ3n) is 4.49. The molecule has 4 aromatic rings. The van der Waals surface area contributed by atoms with Crippen molar-refractivity contribution in [1.82, 2.24) is 25.4 Å². The first kappa shape index (κ1) is 17.9. The third kappa shape index (κ3) is 4.09. The van der Waals surface area contributed by atoms with Crippen molar-refractivity contribution < 1.29 is 9.32 Å². The van der Waals surface area contributed by atoms with E-state index in [9.17, 15) is 4.79 Å². The zero-order valence-corrected chi connectivity index (χ0v) is 15.6. The van der Waals surface area contributed by atoms with Crippen LogP contribution < -0.4 is 5.32 Å². The highest BCUT2D eigenvalue weighted by atomic mass is 16.5. The van der Waals surface area contributed by atoms with Crippen LogP contribution in [0, 0.1) is 0 Å². The number of nitrogens with zero attached hydrogens (tertiary/aromatic N) is 3. The van der Waals surface area contributed by atoms with Gasteiger partial charge in [0.05, 0.1) is 17.1 Å². The van der Waals surface area contributed by atoms with Crippen molar-refractivity contribution >= 4 is 16.9 Å². The molecule has 0 bridgehead atoms. The Labute approximate surface area is 162 Å². The van der Waals surface area contributed by atoms with Gasteiger partial charge in [-0.15, -0.1) is 0 Å². The van der Waals surface area contributed by atoms with Crippen LogP contribution in [0.15, 0.2) is 59.1 Å². The molecule has 1 amide bonds. The quantitative estimate of drug-likeness (QED) is 0.512. The van der Waals surface area contributed by atoms with E-state index in [1.54, 1.807) is 0 Å². The number of carbonyl (C=O) groups excluding carboxylic acids is 1. The first-order valence-corrected chi connectivity index (χ1v) is 9.31. The van der Waals surface area contributed by atoms with Gasteiger partial charge >= 0.3 is 0 Å². The number of imidazole rings is 1. The van der Waals surface area contributed by atoms with Crippen LogP contribution in [0.25, 0.3) is 22.4 Å². The number of aromatic nitrogens is 4. The summed E-state index contributed by atoms with van der Waals surface area (Å²) in [5.41, 5.74) is 2.77. The Morgan fingerprint density at radius 3 is 2.71 bits per heavy atom. The van der Waals surface area contributed by atoms with E-state index < -0.39 is 0 Å². The maximum atomic E-state index is 12.2. The van der Waals surface area contributed by atoms with Gasteiger partial charge in [0.15, 0.2) is 0 Å². The molecule has 0 spiro atoms. The second-order valence-corrected chi connectivity index (χ2v) is 6.66. The number of H-pyrrole nitrogens is 1. The van der Waals surface area contributed by atoms with Crippen LogP contribution in [0.5, 0.6) is 0 Å². The fourth-order valence-corrected chi connectivity index (χ4v) is 3.02. The second-order valence-electron chi connectivity index (χ2n) is 6.66. The summed E-state index contributed by atoms with van der Waals surface area (Å²) < 4.78 is 5.28. The monoisotopic (exact) mass is 375 g/mol. The van der Waals surface area contributed by atoms with Crippen LogP contribution in [0.4, 0.5) is 0 Å². The molecule has 0 saturated carbocycles. The molecule has 2 aromatic carbocycles. The lowest BCUT2D eigenvalue weighted by Gasteiger charge is -2.11. The number of nitrogens with one attached hydrogen (secondary N) is 2. The average Bonchev–Trinajstić information content (AvgIpc) is 3.36. The molecule has 0 saturated heterocycles. The van der Waals surface area contributed by atoms with Crippen molar-refractivity contribution in [2.24, 2.45) is 0 Å². The molecule has 2 N–H and O–H groups in total. The predicted molar refractivity (Wildman–Crippen MR) is 105 cm³/mol. The zero-order chi connectivity index (χ0) is 19.3. The fraction of sp³-hybridized carbons (Fsp3) is 0.238. The number of hydrogen-bond acceptors (Lipinski definition) is 5. The van der Waals surface area contributed by atoms with Crippen LogP contribution in [-0.2, 0) is 11.2 Å². The molecule has 2 aromatic heterocycles. The van der Waals surface area contributed by atoms with Crippen LogP contribution in [0.1, 0.15) is 37.5 Å². The van der Waals surface area contributed by atoms with Gasteiger partial charge in [-0.05, 0) is 25.5 Å². The molecule has 0 fully saturated rings. The number of para-hydroxylation sites is 2. The Kier molecular flexibility index (Phi) is 5.14. The minimum Gasteiger partial charge on any atom is -0.346 e. The first-order chi connectivity index (χ1) is 13.7. The van der Waals surface area contributed by atoms with E-state index in [0.29, 0.717) is 31.0 Å². The maximum absolute atomic E-state index is 12.2. The molecule has 0 radical (unpaired) electrons. The van der Waals surface area contributed by atoms with E-state index in [1.807, 2.05) is 61.5 Å². The molecular weight excluding hydrogens is 354 g/mol. The van der Waals surface area contributed by atoms with E-state index in [1.165, 1.54) is 0 Å². The summed E-state index contributed by atoms with van der Waals surface area (Å²) in [7, 11) is 0. The summed E-state index contributed by atoms with van der Waals surface area (Å²) >= 11 is 0. The molecule has 0 aliphatic rings. The molecule has 4 rings (SSSR count). The summed E-state index contributed by atoms with van der Waals surface area (Å²) in [6, 6.07) is 17.3. The highest BCUT2D eigenvalue weighted by Gasteiger charge is 2.14. The van der Waals surface area contributed by atoms with E-state index in [2.05, 4.69) is 25.4 Å². The maximum Gasteiger partial charge on any atom is 0.226 e. The first-order valence-electron chi connectivity index (χ1n) is 9.31. The topological polar surface area (TPSA) is 96.7 Å². The number of benzene rings is 2. The summed E-state index contributed by atoms with van der Waals surface area (Å²) in [5, 5.41) is 6.97. The smallest absolute Gasteiger partial charge is 0.226 e. The van der Waals surface area contributed by atoms with Crippen LogP contribution in [-0.4, -0.2) is 26.0 Å². The summed E-state index contributed by atoms with van der Waals surface area (Å²) in [5.74, 6) is 1.82. The lowest BCUT2D eigenvalue weighted by atomic mass is 10.2. The number of amides is 1. The molecule has 28 heavy (non-hydrogen) atoms. The molecule has 0 aliphatic carbocycles. The standard InChI is InChI=1S/C21H21N5O2/c1-14(20-23-16-10-5-6-11-17(16)24-20)22-18(27)12-7-13-19-25-21(26-28-19)15-8-3-2-4-9-15/h2-6,8-11,14H,7,12-13H2,1H3,(H,22,27)(H,23,24)/t14-/m1/s1. The number of rotatable bonds is 7. The fourth-order valence-electron chi connectivity index (χ4n) is 3.02. The normalized spacial score (nSPS) is 12.2. The Hall–Kier alpha value is -3.48. The number of hydrogen-bond donors (Lipinski definition) is 2. The average molecular weight is 375 g/mol. The van der Waals surface area contributed by atoms with Gasteiger partial charge in [0.1, 0.15) is 5.82 Å². The summed E-state index contributed by atoms with van der Waals surface area (Å²) in [6.07, 6.45) is 1.58. The van der Waals surface area contributed by atoms with Crippen molar-refractivity contribution in [2.75, 3.05) is 0 Å². The Balaban J connectivity index is 1.27. The molecule has 7 heteroatoms. The number of aryl methyl sites for hydroxylation is 1. The van der Waals surface area contributed by atoms with E-state index >= 15 is 0 Å². The third-order valence-corrected chi connectivity index (χ3v) is 4.49. The van der Waals surface area contributed by atoms with Gasteiger partial charge in [-0.3, -0.25) is 4.79 Å². The van der Waals surface area contributed by atoms with Crippen molar-refractivity contribution in [1.29, 1.82) is 0 Å². The lowest BCUT2D eigenvalue weighted by molar-refractivity contribution is -0.121. The van der Waals surface area contributed by atoms with Gasteiger partial charge in [0, 0.05) is 18.4 Å². The minimum absolute atomic E-state index is 0.0317. The van der Waals surface area contributed by atoms with Crippen molar-refractivity contribution in [2.45, 2.75) is 32.2 Å². The van der Waals surface area contributed by atoms with Gasteiger partial charge in [-0.25, -0.2) is 4.98 Å². The van der Waals surface area contributed by atoms with E-state index in [4.69, 9.17) is 4.52 Å². The van der Waals surface area contributed by atoms with Gasteiger partial charge in [0.25, 0.3) is 0 Å². The molecule has 1 atom stereocenters. The summed E-state index contributed by atoms with van der Waals surface area (Å²) in [6.45, 7) is 1.92. The molecular formula is C21H21N5O2. The number of fused-ring (bicyclic) bond motifs is 1. The van der Waals surface area contributed by atoms with Crippen molar-refractivity contribution in [3.8, 4) is 11.4 Å². The highest BCUT2D eigenvalue weighted by Crippen LogP contribution is 2.17. The molecule has 2 heterocycles.